The predicted molar refractivity (Wildman–Crippen MR) is 90.2 cm³/mol. The summed E-state index contributed by atoms with van der Waals surface area (Å²) < 4.78 is 0. The SMILES string of the molecule is NCC1(C(=O)N2CCN(c3ccccc3Cl)CC2)CCCC1. The van der Waals surface area contributed by atoms with Crippen LogP contribution < -0.4 is 10.6 Å². The van der Waals surface area contributed by atoms with Gasteiger partial charge in [0.05, 0.1) is 16.1 Å². The van der Waals surface area contributed by atoms with Gasteiger partial charge in [-0.05, 0) is 25.0 Å². The van der Waals surface area contributed by atoms with Crippen LogP contribution in [0, 0.1) is 5.41 Å². The molecule has 1 saturated carbocycles. The summed E-state index contributed by atoms with van der Waals surface area (Å²) in [6, 6.07) is 7.89. The van der Waals surface area contributed by atoms with Gasteiger partial charge in [-0.15, -0.1) is 0 Å². The number of para-hydroxylation sites is 1. The van der Waals surface area contributed by atoms with E-state index in [1.807, 2.05) is 29.2 Å². The van der Waals surface area contributed by atoms with Crippen LogP contribution in [-0.4, -0.2) is 43.5 Å². The van der Waals surface area contributed by atoms with Crippen molar-refractivity contribution in [3.05, 3.63) is 29.3 Å². The van der Waals surface area contributed by atoms with Crippen molar-refractivity contribution >= 4 is 23.2 Å². The minimum atomic E-state index is -0.285. The summed E-state index contributed by atoms with van der Waals surface area (Å²) in [4.78, 5) is 17.1. The highest BCUT2D eigenvalue weighted by Crippen LogP contribution is 2.39. The third-order valence-electron chi connectivity index (χ3n) is 5.17. The summed E-state index contributed by atoms with van der Waals surface area (Å²) in [5.41, 5.74) is 6.71. The van der Waals surface area contributed by atoms with Gasteiger partial charge in [0.1, 0.15) is 0 Å². The number of benzene rings is 1. The summed E-state index contributed by atoms with van der Waals surface area (Å²) in [5.74, 6) is 0.270. The molecular weight excluding hydrogens is 298 g/mol. The van der Waals surface area contributed by atoms with Crippen LogP contribution in [-0.2, 0) is 4.79 Å². The van der Waals surface area contributed by atoms with Gasteiger partial charge in [0.2, 0.25) is 5.91 Å². The summed E-state index contributed by atoms with van der Waals surface area (Å²) in [6.45, 7) is 3.65. The maximum atomic E-state index is 12.9. The number of rotatable bonds is 3. The zero-order valence-corrected chi connectivity index (χ0v) is 13.7. The summed E-state index contributed by atoms with van der Waals surface area (Å²) in [5, 5.41) is 0.775. The Hall–Kier alpha value is -1.26. The van der Waals surface area contributed by atoms with Gasteiger partial charge in [0.15, 0.2) is 0 Å². The van der Waals surface area contributed by atoms with Gasteiger partial charge in [-0.2, -0.15) is 0 Å². The molecule has 1 saturated heterocycles. The lowest BCUT2D eigenvalue weighted by Crippen LogP contribution is -2.54. The van der Waals surface area contributed by atoms with Crippen molar-refractivity contribution in [3.63, 3.8) is 0 Å². The Morgan fingerprint density at radius 2 is 1.77 bits per heavy atom. The van der Waals surface area contributed by atoms with Crippen molar-refractivity contribution in [1.29, 1.82) is 0 Å². The topological polar surface area (TPSA) is 49.6 Å². The molecule has 2 aliphatic rings. The molecule has 1 amide bonds. The summed E-state index contributed by atoms with van der Waals surface area (Å²) in [6.07, 6.45) is 4.16. The fraction of sp³-hybridized carbons (Fsp3) is 0.588. The van der Waals surface area contributed by atoms with Gasteiger partial charge < -0.3 is 15.5 Å². The lowest BCUT2D eigenvalue weighted by Gasteiger charge is -2.40. The van der Waals surface area contributed by atoms with Crippen molar-refractivity contribution in [2.45, 2.75) is 25.7 Å². The highest BCUT2D eigenvalue weighted by atomic mass is 35.5. The number of carbonyl (C=O) groups is 1. The fourth-order valence-electron chi connectivity index (χ4n) is 3.75. The monoisotopic (exact) mass is 321 g/mol. The molecule has 5 heteroatoms. The smallest absolute Gasteiger partial charge is 0.230 e. The van der Waals surface area contributed by atoms with E-state index >= 15 is 0 Å². The average Bonchev–Trinajstić information content (AvgIpc) is 3.05. The first-order valence-electron chi connectivity index (χ1n) is 8.15. The first kappa shape index (κ1) is 15.6. The van der Waals surface area contributed by atoms with Crippen LogP contribution >= 0.6 is 11.6 Å². The number of anilines is 1. The van der Waals surface area contributed by atoms with Crippen LogP contribution in [0.3, 0.4) is 0 Å². The molecule has 1 aliphatic carbocycles. The van der Waals surface area contributed by atoms with Crippen LogP contribution in [0.4, 0.5) is 5.69 Å². The Balaban J connectivity index is 1.64. The third-order valence-corrected chi connectivity index (χ3v) is 5.48. The van der Waals surface area contributed by atoms with Gasteiger partial charge >= 0.3 is 0 Å². The zero-order chi connectivity index (χ0) is 15.6. The number of nitrogens with two attached hydrogens (primary N) is 1. The van der Waals surface area contributed by atoms with Crippen LogP contribution in [0.2, 0.25) is 5.02 Å². The minimum absolute atomic E-state index is 0.270. The molecule has 1 aromatic rings. The molecule has 0 aromatic heterocycles. The maximum Gasteiger partial charge on any atom is 0.230 e. The maximum absolute atomic E-state index is 12.9. The molecule has 0 radical (unpaired) electrons. The molecule has 1 heterocycles. The number of nitrogens with zero attached hydrogens (tertiary/aromatic N) is 2. The van der Waals surface area contributed by atoms with E-state index < -0.39 is 0 Å². The van der Waals surface area contributed by atoms with Gasteiger partial charge in [-0.3, -0.25) is 4.79 Å². The normalized spacial score (nSPS) is 21.2. The second kappa shape index (κ2) is 6.47. The molecule has 1 aliphatic heterocycles. The highest BCUT2D eigenvalue weighted by Gasteiger charge is 2.42. The number of piperazine rings is 1. The minimum Gasteiger partial charge on any atom is -0.367 e. The molecule has 0 atom stereocenters. The van der Waals surface area contributed by atoms with Gasteiger partial charge in [0, 0.05) is 32.7 Å². The zero-order valence-electron chi connectivity index (χ0n) is 12.9. The molecule has 120 valence electrons. The van der Waals surface area contributed by atoms with Gasteiger partial charge in [-0.1, -0.05) is 36.6 Å². The molecule has 22 heavy (non-hydrogen) atoms. The van der Waals surface area contributed by atoms with Crippen molar-refractivity contribution in [2.75, 3.05) is 37.6 Å². The molecular formula is C17H24ClN3O. The molecule has 4 nitrogen and oxygen atoms in total. The third kappa shape index (κ3) is 2.82. The molecule has 2 fully saturated rings. The Labute approximate surface area is 137 Å². The lowest BCUT2D eigenvalue weighted by molar-refractivity contribution is -0.141. The van der Waals surface area contributed by atoms with E-state index in [2.05, 4.69) is 4.90 Å². The number of halogens is 1. The number of amides is 1. The Morgan fingerprint density at radius 1 is 1.14 bits per heavy atom. The van der Waals surface area contributed by atoms with Crippen molar-refractivity contribution < 1.29 is 4.79 Å². The fourth-order valence-corrected chi connectivity index (χ4v) is 4.01. The van der Waals surface area contributed by atoms with E-state index in [0.717, 1.165) is 62.6 Å². The van der Waals surface area contributed by atoms with Crippen molar-refractivity contribution in [1.82, 2.24) is 4.90 Å². The number of hydrogen-bond donors (Lipinski definition) is 1. The van der Waals surface area contributed by atoms with E-state index in [-0.39, 0.29) is 11.3 Å². The number of hydrogen-bond acceptors (Lipinski definition) is 3. The Morgan fingerprint density at radius 3 is 2.36 bits per heavy atom. The lowest BCUT2D eigenvalue weighted by atomic mass is 9.84. The largest absolute Gasteiger partial charge is 0.367 e. The second-order valence-electron chi connectivity index (χ2n) is 6.42. The number of carbonyl (C=O) groups excluding carboxylic acids is 1. The van der Waals surface area contributed by atoms with E-state index in [0.29, 0.717) is 6.54 Å². The highest BCUT2D eigenvalue weighted by molar-refractivity contribution is 6.33. The molecule has 1 aromatic carbocycles. The van der Waals surface area contributed by atoms with Crippen LogP contribution in [0.5, 0.6) is 0 Å². The van der Waals surface area contributed by atoms with E-state index in [1.54, 1.807) is 0 Å². The second-order valence-corrected chi connectivity index (χ2v) is 6.83. The summed E-state index contributed by atoms with van der Waals surface area (Å²) >= 11 is 6.27. The first-order valence-corrected chi connectivity index (χ1v) is 8.53. The Bertz CT molecular complexity index is 534. The Kier molecular flexibility index (Phi) is 4.59. The van der Waals surface area contributed by atoms with Crippen molar-refractivity contribution in [3.8, 4) is 0 Å². The van der Waals surface area contributed by atoms with Crippen LogP contribution in [0.15, 0.2) is 24.3 Å². The van der Waals surface area contributed by atoms with Gasteiger partial charge in [-0.25, -0.2) is 0 Å². The average molecular weight is 322 g/mol. The standard InChI is InChI=1S/C17H24ClN3O/c18-14-5-1-2-6-15(14)20-9-11-21(12-10-20)16(22)17(13-19)7-3-4-8-17/h1-2,5-6H,3-4,7-13,19H2. The van der Waals surface area contributed by atoms with Crippen LogP contribution in [0.1, 0.15) is 25.7 Å². The quantitative estimate of drug-likeness (QED) is 0.930. The first-order chi connectivity index (χ1) is 10.7. The van der Waals surface area contributed by atoms with E-state index in [4.69, 9.17) is 17.3 Å². The van der Waals surface area contributed by atoms with E-state index in [9.17, 15) is 4.79 Å². The van der Waals surface area contributed by atoms with Gasteiger partial charge in [0.25, 0.3) is 0 Å². The summed E-state index contributed by atoms with van der Waals surface area (Å²) in [7, 11) is 0. The molecule has 0 bridgehead atoms. The van der Waals surface area contributed by atoms with E-state index in [1.165, 1.54) is 0 Å². The predicted octanol–water partition coefficient (Wildman–Crippen LogP) is 2.51. The molecule has 2 N–H and O–H groups in total. The van der Waals surface area contributed by atoms with Crippen molar-refractivity contribution in [2.24, 2.45) is 11.1 Å². The van der Waals surface area contributed by atoms with Crippen LogP contribution in [0.25, 0.3) is 0 Å². The molecule has 0 unspecified atom stereocenters. The molecule has 0 spiro atoms. The molecule has 3 rings (SSSR count).